The van der Waals surface area contributed by atoms with Crippen LogP contribution >= 0.6 is 0 Å². The second kappa shape index (κ2) is 14.0. The lowest BCUT2D eigenvalue weighted by Crippen LogP contribution is -2.53. The molecular formula is C33H40FN3O4S. The molecule has 2 amide bonds. The quantitative estimate of drug-likeness (QED) is 0.279. The molecule has 0 aliphatic heterocycles. The Morgan fingerprint density at radius 2 is 1.55 bits per heavy atom. The fourth-order valence-corrected chi connectivity index (χ4v) is 6.78. The average molecular weight is 594 g/mol. The largest absolute Gasteiger partial charge is 0.352 e. The van der Waals surface area contributed by atoms with E-state index in [-0.39, 0.29) is 29.3 Å². The highest BCUT2D eigenvalue weighted by molar-refractivity contribution is 7.92. The van der Waals surface area contributed by atoms with Gasteiger partial charge in [-0.3, -0.25) is 13.9 Å². The number of halogens is 1. The van der Waals surface area contributed by atoms with Crippen LogP contribution < -0.4 is 9.62 Å². The molecule has 1 atom stereocenters. The number of hydrogen-bond donors (Lipinski definition) is 1. The van der Waals surface area contributed by atoms with Gasteiger partial charge in [-0.25, -0.2) is 12.8 Å². The summed E-state index contributed by atoms with van der Waals surface area (Å²) in [6.07, 6.45) is 4.21. The molecule has 42 heavy (non-hydrogen) atoms. The highest BCUT2D eigenvalue weighted by Gasteiger charge is 2.34. The summed E-state index contributed by atoms with van der Waals surface area (Å²) in [5, 5.41) is 3.09. The molecule has 1 saturated carbocycles. The third-order valence-electron chi connectivity index (χ3n) is 7.81. The van der Waals surface area contributed by atoms with Crippen molar-refractivity contribution >= 4 is 27.5 Å². The number of carbonyl (C=O) groups is 2. The standard InChI is InChI=1S/C33H40FN3O4S/c1-4-31(33(39)35-28-10-8-9-11-28)36(22-25-14-18-27(34)19-15-25)32(38)23-37(29-20-16-26(17-21-29)24(2)3)42(40,41)30-12-6-5-7-13-30/h5-7,12-21,24,28,31H,4,8-11,22-23H2,1-3H3,(H,35,39). The number of nitrogens with zero attached hydrogens (tertiary/aromatic N) is 2. The van der Waals surface area contributed by atoms with Crippen LogP contribution in [0.2, 0.25) is 0 Å². The Kier molecular flexibility index (Phi) is 10.4. The molecule has 0 aromatic heterocycles. The number of hydrogen-bond acceptors (Lipinski definition) is 4. The minimum absolute atomic E-state index is 0.0290. The van der Waals surface area contributed by atoms with Gasteiger partial charge in [-0.1, -0.05) is 76.1 Å². The molecule has 1 aliphatic rings. The molecule has 0 heterocycles. The summed E-state index contributed by atoms with van der Waals surface area (Å²) in [7, 11) is -4.13. The van der Waals surface area contributed by atoms with Gasteiger partial charge in [0.15, 0.2) is 0 Å². The van der Waals surface area contributed by atoms with Gasteiger partial charge in [0, 0.05) is 12.6 Å². The maximum absolute atomic E-state index is 14.2. The zero-order chi connectivity index (χ0) is 30.3. The summed E-state index contributed by atoms with van der Waals surface area (Å²) < 4.78 is 42.7. The van der Waals surface area contributed by atoms with Crippen molar-refractivity contribution in [2.75, 3.05) is 10.8 Å². The monoisotopic (exact) mass is 593 g/mol. The van der Waals surface area contributed by atoms with E-state index in [4.69, 9.17) is 0 Å². The van der Waals surface area contributed by atoms with Crippen molar-refractivity contribution in [3.8, 4) is 0 Å². The van der Waals surface area contributed by atoms with Gasteiger partial charge in [0.1, 0.15) is 18.4 Å². The Labute approximate surface area is 248 Å². The average Bonchev–Trinajstić information content (AvgIpc) is 3.50. The van der Waals surface area contributed by atoms with E-state index >= 15 is 0 Å². The smallest absolute Gasteiger partial charge is 0.264 e. The van der Waals surface area contributed by atoms with Gasteiger partial charge in [-0.2, -0.15) is 0 Å². The van der Waals surface area contributed by atoms with Gasteiger partial charge in [0.25, 0.3) is 10.0 Å². The number of carbonyl (C=O) groups excluding carboxylic acids is 2. The number of anilines is 1. The van der Waals surface area contributed by atoms with Gasteiger partial charge < -0.3 is 10.2 Å². The maximum Gasteiger partial charge on any atom is 0.264 e. The molecule has 1 aliphatic carbocycles. The predicted molar refractivity (Wildman–Crippen MR) is 163 cm³/mol. The minimum atomic E-state index is -4.13. The molecule has 0 bridgehead atoms. The number of sulfonamides is 1. The summed E-state index contributed by atoms with van der Waals surface area (Å²) in [4.78, 5) is 29.1. The van der Waals surface area contributed by atoms with Crippen LogP contribution in [0.5, 0.6) is 0 Å². The Balaban J connectivity index is 1.71. The van der Waals surface area contributed by atoms with Crippen LogP contribution in [0.4, 0.5) is 10.1 Å². The van der Waals surface area contributed by atoms with Crippen LogP contribution in [0.25, 0.3) is 0 Å². The van der Waals surface area contributed by atoms with Gasteiger partial charge in [0.2, 0.25) is 11.8 Å². The molecule has 0 saturated heterocycles. The fraction of sp³-hybridized carbons (Fsp3) is 0.394. The first-order chi connectivity index (χ1) is 20.1. The Hall–Kier alpha value is -3.72. The molecule has 0 radical (unpaired) electrons. The summed E-state index contributed by atoms with van der Waals surface area (Å²) in [5.41, 5.74) is 2.02. The van der Waals surface area contributed by atoms with E-state index in [0.717, 1.165) is 35.6 Å². The lowest BCUT2D eigenvalue weighted by Gasteiger charge is -2.34. The van der Waals surface area contributed by atoms with Crippen molar-refractivity contribution in [1.82, 2.24) is 10.2 Å². The number of nitrogens with one attached hydrogen (secondary N) is 1. The summed E-state index contributed by atoms with van der Waals surface area (Å²) in [6.45, 7) is 5.44. The second-order valence-corrected chi connectivity index (χ2v) is 13.0. The second-order valence-electron chi connectivity index (χ2n) is 11.1. The highest BCUT2D eigenvalue weighted by atomic mass is 32.2. The van der Waals surface area contributed by atoms with E-state index in [9.17, 15) is 22.4 Å². The van der Waals surface area contributed by atoms with Crippen molar-refractivity contribution in [1.29, 1.82) is 0 Å². The molecule has 1 fully saturated rings. The van der Waals surface area contributed by atoms with Crippen LogP contribution in [-0.2, 0) is 26.2 Å². The molecule has 3 aromatic rings. The van der Waals surface area contributed by atoms with E-state index < -0.39 is 34.3 Å². The van der Waals surface area contributed by atoms with Crippen LogP contribution in [0, 0.1) is 5.82 Å². The van der Waals surface area contributed by atoms with Crippen LogP contribution in [-0.4, -0.2) is 43.8 Å². The number of benzene rings is 3. The number of rotatable bonds is 12. The molecular weight excluding hydrogens is 553 g/mol. The normalized spacial score (nSPS) is 14.5. The Bertz CT molecular complexity index is 1440. The number of amides is 2. The molecule has 7 nitrogen and oxygen atoms in total. The van der Waals surface area contributed by atoms with Crippen LogP contribution in [0.15, 0.2) is 83.8 Å². The van der Waals surface area contributed by atoms with Gasteiger partial charge >= 0.3 is 0 Å². The van der Waals surface area contributed by atoms with Gasteiger partial charge in [0.05, 0.1) is 10.6 Å². The first-order valence-electron chi connectivity index (χ1n) is 14.6. The highest BCUT2D eigenvalue weighted by Crippen LogP contribution is 2.27. The van der Waals surface area contributed by atoms with Gasteiger partial charge in [-0.05, 0) is 72.7 Å². The van der Waals surface area contributed by atoms with Gasteiger partial charge in [-0.15, -0.1) is 0 Å². The summed E-state index contributed by atoms with van der Waals surface area (Å²) >= 11 is 0. The van der Waals surface area contributed by atoms with Crippen molar-refractivity contribution in [3.63, 3.8) is 0 Å². The van der Waals surface area contributed by atoms with E-state index in [1.54, 1.807) is 42.5 Å². The molecule has 0 spiro atoms. The van der Waals surface area contributed by atoms with Crippen LogP contribution in [0.1, 0.15) is 69.9 Å². The van der Waals surface area contributed by atoms with Crippen molar-refractivity contribution < 1.29 is 22.4 Å². The third kappa shape index (κ3) is 7.56. The zero-order valence-corrected chi connectivity index (χ0v) is 25.3. The zero-order valence-electron chi connectivity index (χ0n) is 24.5. The van der Waals surface area contributed by atoms with E-state index in [1.807, 2.05) is 32.9 Å². The molecule has 3 aromatic carbocycles. The lowest BCUT2D eigenvalue weighted by molar-refractivity contribution is -0.140. The molecule has 1 unspecified atom stereocenters. The Morgan fingerprint density at radius 3 is 2.12 bits per heavy atom. The van der Waals surface area contributed by atoms with Crippen LogP contribution in [0.3, 0.4) is 0 Å². The maximum atomic E-state index is 14.2. The SMILES string of the molecule is CCC(C(=O)NC1CCCC1)N(Cc1ccc(F)cc1)C(=O)CN(c1ccc(C(C)C)cc1)S(=O)(=O)c1ccccc1. The molecule has 4 rings (SSSR count). The fourth-order valence-electron chi connectivity index (χ4n) is 5.35. The van der Waals surface area contributed by atoms with E-state index in [1.165, 1.54) is 29.2 Å². The van der Waals surface area contributed by atoms with Crippen molar-refractivity contribution in [2.45, 2.75) is 82.3 Å². The first kappa shape index (κ1) is 31.2. The third-order valence-corrected chi connectivity index (χ3v) is 9.60. The topological polar surface area (TPSA) is 86.8 Å². The lowest BCUT2D eigenvalue weighted by atomic mass is 10.0. The summed E-state index contributed by atoms with van der Waals surface area (Å²) in [5.74, 6) is -0.957. The predicted octanol–water partition coefficient (Wildman–Crippen LogP) is 6.01. The first-order valence-corrected chi connectivity index (χ1v) is 16.1. The van der Waals surface area contributed by atoms with E-state index in [0.29, 0.717) is 17.7 Å². The van der Waals surface area contributed by atoms with E-state index in [2.05, 4.69) is 5.32 Å². The van der Waals surface area contributed by atoms with Crippen molar-refractivity contribution in [3.05, 3.63) is 95.8 Å². The Morgan fingerprint density at radius 1 is 0.929 bits per heavy atom. The molecule has 9 heteroatoms. The van der Waals surface area contributed by atoms with Crippen molar-refractivity contribution in [2.24, 2.45) is 0 Å². The molecule has 224 valence electrons. The summed E-state index contributed by atoms with van der Waals surface area (Å²) in [6, 6.07) is 20.1. The minimum Gasteiger partial charge on any atom is -0.352 e. The molecule has 1 N–H and O–H groups in total.